The van der Waals surface area contributed by atoms with Crippen molar-refractivity contribution in [3.63, 3.8) is 0 Å². The van der Waals surface area contributed by atoms with E-state index in [1.165, 1.54) is 4.90 Å². The second-order valence-electron chi connectivity index (χ2n) is 11.6. The molecular formula is C33H41N5O10. The van der Waals surface area contributed by atoms with Crippen molar-refractivity contribution in [1.29, 1.82) is 0 Å². The topological polar surface area (TPSA) is 246 Å². The van der Waals surface area contributed by atoms with Crippen LogP contribution >= 0.6 is 0 Å². The number of benzene rings is 2. The Hall–Kier alpha value is -5.31. The molecule has 1 saturated heterocycles. The highest BCUT2D eigenvalue weighted by Gasteiger charge is 2.39. The molecule has 0 saturated carbocycles. The summed E-state index contributed by atoms with van der Waals surface area (Å²) in [6.07, 6.45) is -0.801. The highest BCUT2D eigenvalue weighted by atomic mass is 16.4. The Morgan fingerprint density at radius 2 is 1.23 bits per heavy atom. The van der Waals surface area contributed by atoms with Crippen molar-refractivity contribution < 1.29 is 48.9 Å². The van der Waals surface area contributed by atoms with E-state index in [0.29, 0.717) is 17.5 Å². The van der Waals surface area contributed by atoms with Crippen LogP contribution in [-0.4, -0.2) is 98.5 Å². The maximum Gasteiger partial charge on any atom is 0.326 e. The molecule has 48 heavy (non-hydrogen) atoms. The highest BCUT2D eigenvalue weighted by Crippen LogP contribution is 2.21. The van der Waals surface area contributed by atoms with Crippen molar-refractivity contribution >= 4 is 41.5 Å². The maximum atomic E-state index is 13.8. The van der Waals surface area contributed by atoms with Crippen LogP contribution in [0, 0.1) is 0 Å². The van der Waals surface area contributed by atoms with Crippen LogP contribution in [0.2, 0.25) is 0 Å². The van der Waals surface area contributed by atoms with Crippen molar-refractivity contribution in [2.75, 3.05) is 6.54 Å². The van der Waals surface area contributed by atoms with Crippen LogP contribution in [0.15, 0.2) is 60.7 Å². The molecule has 1 aliphatic rings. The Labute approximate surface area is 276 Å². The minimum Gasteiger partial charge on any atom is -0.481 e. The van der Waals surface area contributed by atoms with Gasteiger partial charge < -0.3 is 41.9 Å². The van der Waals surface area contributed by atoms with Gasteiger partial charge in [0, 0.05) is 32.2 Å². The smallest absolute Gasteiger partial charge is 0.326 e. The molecule has 3 rings (SSSR count). The third-order valence-corrected chi connectivity index (χ3v) is 7.92. The van der Waals surface area contributed by atoms with Gasteiger partial charge in [0.05, 0.1) is 6.04 Å². The Bertz CT molecular complexity index is 1460. The van der Waals surface area contributed by atoms with E-state index in [-0.39, 0.29) is 45.1 Å². The molecule has 5 atom stereocenters. The normalized spacial score (nSPS) is 16.5. The van der Waals surface area contributed by atoms with Crippen molar-refractivity contribution in [3.8, 4) is 0 Å². The molecule has 2 aromatic carbocycles. The number of likely N-dealkylation sites (tertiary alicyclic amines) is 1. The molecule has 0 unspecified atom stereocenters. The Morgan fingerprint density at radius 3 is 1.77 bits per heavy atom. The average molecular weight is 668 g/mol. The standard InChI is InChI=1S/C33H41N5O10/c34-22(13-15-27(39)40)29(43)36-24(18-20-8-3-1-4-9-20)30(44)35-23(14-16-28(41)42)32(46)38-17-7-12-26(38)31(45)37-25(33(47)48)19-21-10-5-2-6-11-21/h1-6,8-11,22-26H,7,12-19,34H2,(H,35,44)(H,36,43)(H,37,45)(H,39,40)(H,41,42)(H,47,48)/t22-,23-,24-,25-,26-/m0/s1. The molecule has 8 N–H and O–H groups in total. The molecule has 0 bridgehead atoms. The summed E-state index contributed by atoms with van der Waals surface area (Å²) in [5.74, 6) is -6.70. The second kappa shape index (κ2) is 18.1. The number of hydrogen-bond donors (Lipinski definition) is 7. The minimum atomic E-state index is -1.41. The Morgan fingerprint density at radius 1 is 0.708 bits per heavy atom. The van der Waals surface area contributed by atoms with E-state index in [2.05, 4.69) is 16.0 Å². The molecule has 2 aromatic rings. The molecule has 0 spiro atoms. The van der Waals surface area contributed by atoms with E-state index in [9.17, 15) is 43.8 Å². The van der Waals surface area contributed by atoms with Crippen LogP contribution in [0.5, 0.6) is 0 Å². The van der Waals surface area contributed by atoms with Gasteiger partial charge in [-0.25, -0.2) is 4.79 Å². The number of carboxylic acids is 3. The zero-order chi connectivity index (χ0) is 35.2. The average Bonchev–Trinajstić information content (AvgIpc) is 3.55. The number of aliphatic carboxylic acids is 3. The first kappa shape index (κ1) is 37.2. The van der Waals surface area contributed by atoms with Crippen molar-refractivity contribution in [1.82, 2.24) is 20.9 Å². The first-order valence-corrected chi connectivity index (χ1v) is 15.6. The Kier molecular flexibility index (Phi) is 14.0. The fraction of sp³-hybridized carbons (Fsp3) is 0.424. The van der Waals surface area contributed by atoms with E-state index < -0.39 is 78.2 Å². The lowest BCUT2D eigenvalue weighted by molar-refractivity contribution is -0.145. The number of carbonyl (C=O) groups is 7. The summed E-state index contributed by atoms with van der Waals surface area (Å²) < 4.78 is 0. The number of nitrogens with zero attached hydrogens (tertiary/aromatic N) is 1. The van der Waals surface area contributed by atoms with Gasteiger partial charge in [-0.3, -0.25) is 28.8 Å². The van der Waals surface area contributed by atoms with E-state index in [0.717, 1.165) is 0 Å². The van der Waals surface area contributed by atoms with Crippen molar-refractivity contribution in [2.45, 2.75) is 81.6 Å². The molecule has 0 radical (unpaired) electrons. The molecule has 0 aliphatic carbocycles. The largest absolute Gasteiger partial charge is 0.481 e. The molecule has 1 fully saturated rings. The summed E-state index contributed by atoms with van der Waals surface area (Å²) in [7, 11) is 0. The second-order valence-corrected chi connectivity index (χ2v) is 11.6. The lowest BCUT2D eigenvalue weighted by Gasteiger charge is -2.30. The molecule has 1 aliphatic heterocycles. The van der Waals surface area contributed by atoms with E-state index >= 15 is 0 Å². The summed E-state index contributed by atoms with van der Waals surface area (Å²) in [6, 6.07) is 11.0. The minimum absolute atomic E-state index is 0.00830. The number of carbonyl (C=O) groups excluding carboxylic acids is 4. The fourth-order valence-electron chi connectivity index (χ4n) is 5.37. The van der Waals surface area contributed by atoms with Crippen LogP contribution in [0.3, 0.4) is 0 Å². The molecule has 1 heterocycles. The summed E-state index contributed by atoms with van der Waals surface area (Å²) in [4.78, 5) is 89.2. The number of nitrogens with one attached hydrogen (secondary N) is 3. The summed E-state index contributed by atoms with van der Waals surface area (Å²) in [6.45, 7) is 0.107. The van der Waals surface area contributed by atoms with Crippen LogP contribution < -0.4 is 21.7 Å². The first-order valence-electron chi connectivity index (χ1n) is 15.6. The lowest BCUT2D eigenvalue weighted by Crippen LogP contribution is -2.58. The summed E-state index contributed by atoms with van der Waals surface area (Å²) in [5, 5.41) is 35.6. The molecular weight excluding hydrogens is 626 g/mol. The Balaban J connectivity index is 1.79. The number of rotatable bonds is 18. The van der Waals surface area contributed by atoms with Crippen LogP contribution in [-0.2, 0) is 46.4 Å². The zero-order valence-electron chi connectivity index (χ0n) is 26.2. The van der Waals surface area contributed by atoms with Gasteiger partial charge in [-0.05, 0) is 36.8 Å². The molecule has 4 amide bonds. The lowest BCUT2D eigenvalue weighted by atomic mass is 10.0. The van der Waals surface area contributed by atoms with Gasteiger partial charge in [-0.1, -0.05) is 60.7 Å². The van der Waals surface area contributed by atoms with Crippen molar-refractivity contribution in [2.24, 2.45) is 5.73 Å². The number of amides is 4. The predicted molar refractivity (Wildman–Crippen MR) is 170 cm³/mol. The van der Waals surface area contributed by atoms with E-state index in [1.54, 1.807) is 60.7 Å². The van der Waals surface area contributed by atoms with Gasteiger partial charge in [0.25, 0.3) is 0 Å². The van der Waals surface area contributed by atoms with E-state index in [4.69, 9.17) is 10.8 Å². The summed E-state index contributed by atoms with van der Waals surface area (Å²) >= 11 is 0. The van der Waals surface area contributed by atoms with Gasteiger partial charge >= 0.3 is 17.9 Å². The predicted octanol–water partition coefficient (Wildman–Crippen LogP) is 0.0587. The third-order valence-electron chi connectivity index (χ3n) is 7.92. The van der Waals surface area contributed by atoms with Crippen LogP contribution in [0.4, 0.5) is 0 Å². The number of hydrogen-bond acceptors (Lipinski definition) is 8. The molecule has 15 heteroatoms. The van der Waals surface area contributed by atoms with E-state index in [1.807, 2.05) is 0 Å². The molecule has 0 aromatic heterocycles. The first-order chi connectivity index (χ1) is 22.8. The monoisotopic (exact) mass is 667 g/mol. The van der Waals surface area contributed by atoms with Gasteiger partial charge in [-0.15, -0.1) is 0 Å². The highest BCUT2D eigenvalue weighted by molar-refractivity contribution is 5.96. The quantitative estimate of drug-likeness (QED) is 0.112. The summed E-state index contributed by atoms with van der Waals surface area (Å²) in [5.41, 5.74) is 7.18. The van der Waals surface area contributed by atoms with Gasteiger partial charge in [0.2, 0.25) is 23.6 Å². The third kappa shape index (κ3) is 11.5. The van der Waals surface area contributed by atoms with Gasteiger partial charge in [-0.2, -0.15) is 0 Å². The SMILES string of the molecule is N[C@@H](CCC(=O)O)C(=O)N[C@@H](Cc1ccccc1)C(=O)N[C@@H](CCC(=O)O)C(=O)N1CCC[C@H]1C(=O)N[C@@H](Cc1ccccc1)C(=O)O. The molecule has 258 valence electrons. The molecule has 15 nitrogen and oxygen atoms in total. The zero-order valence-corrected chi connectivity index (χ0v) is 26.2. The number of carboxylic acid groups (broad SMARTS) is 3. The number of nitrogens with two attached hydrogens (primary N) is 1. The van der Waals surface area contributed by atoms with Crippen molar-refractivity contribution in [3.05, 3.63) is 71.8 Å². The van der Waals surface area contributed by atoms with Gasteiger partial charge in [0.15, 0.2) is 0 Å². The van der Waals surface area contributed by atoms with Gasteiger partial charge in [0.1, 0.15) is 24.2 Å². The maximum absolute atomic E-state index is 13.8. The van der Waals surface area contributed by atoms with Crippen LogP contribution in [0.1, 0.15) is 49.7 Å². The fourth-order valence-corrected chi connectivity index (χ4v) is 5.37. The van der Waals surface area contributed by atoms with Crippen LogP contribution in [0.25, 0.3) is 0 Å².